The van der Waals surface area contributed by atoms with E-state index in [4.69, 9.17) is 29.4 Å². The molecule has 8 nitrogen and oxygen atoms in total. The van der Waals surface area contributed by atoms with Crippen molar-refractivity contribution in [1.82, 2.24) is 29.1 Å². The van der Waals surface area contributed by atoms with Gasteiger partial charge in [-0.2, -0.15) is 0 Å². The number of fused-ring (bicyclic) bond motifs is 2. The second-order valence-electron chi connectivity index (χ2n) is 17.1. The van der Waals surface area contributed by atoms with Gasteiger partial charge in [-0.3, -0.25) is 0 Å². The van der Waals surface area contributed by atoms with Crippen LogP contribution in [0.25, 0.3) is 44.6 Å². The quantitative estimate of drug-likeness (QED) is 0.0463. The number of rotatable bonds is 14. The molecule has 0 saturated carbocycles. The number of benzene rings is 2. The molecule has 0 atom stereocenters. The van der Waals surface area contributed by atoms with Crippen LogP contribution < -0.4 is 0 Å². The molecule has 0 aliphatic heterocycles. The zero-order valence-electron chi connectivity index (χ0n) is 35.6. The van der Waals surface area contributed by atoms with E-state index in [1.807, 2.05) is 12.5 Å². The normalized spacial score (nSPS) is 12.1. The molecule has 0 N–H and O–H groups in total. The summed E-state index contributed by atoms with van der Waals surface area (Å²) < 4.78 is 17.2. The highest BCUT2D eigenvalue weighted by Crippen LogP contribution is 2.37. The van der Waals surface area contributed by atoms with Crippen molar-refractivity contribution in [3.8, 4) is 22.5 Å². The zero-order valence-corrected chi connectivity index (χ0v) is 40.8. The lowest BCUT2D eigenvalue weighted by Gasteiger charge is -2.16. The van der Waals surface area contributed by atoms with E-state index in [0.717, 1.165) is 73.1 Å². The zero-order chi connectivity index (χ0) is 40.9. The van der Waals surface area contributed by atoms with Gasteiger partial charge in [-0.25, -0.2) is 19.9 Å². The van der Waals surface area contributed by atoms with Crippen LogP contribution in [0.3, 0.4) is 0 Å². The number of thioether (sulfide) groups is 2. The predicted octanol–water partition coefficient (Wildman–Crippen LogP) is 12.6. The Morgan fingerprint density at radius 3 is 1.45 bits per heavy atom. The van der Waals surface area contributed by atoms with Gasteiger partial charge in [0, 0.05) is 62.7 Å². The van der Waals surface area contributed by atoms with Crippen LogP contribution in [0, 0.1) is 34.6 Å². The smallest absolute Gasteiger partial charge is 0.189 e. The standard InChI is InChI=1S/C22H31N3OSSi.C21H28BrN3OSSi/c1-15-8-9-18(16(2)12-15)20-19-17(3)13-25(14-26-10-11-28(5,6)7)21(19)24-22(23-20)27-4;1-14-7-8-16(15(2)11-14)19-18-17(22)12-25(13-26-9-10-28(4,5)6)20(18)24-21(23-19)27-3/h8-9,12-13H,10-11,14H2,1-7H3;7-8,11-12H,9-10,13H2,1-6H3. The summed E-state index contributed by atoms with van der Waals surface area (Å²) in [4.78, 5) is 19.4. The number of halogens is 1. The van der Waals surface area contributed by atoms with Gasteiger partial charge in [-0.05, 0) is 91.8 Å². The van der Waals surface area contributed by atoms with Crippen LogP contribution in [-0.4, -0.2) is 70.9 Å². The van der Waals surface area contributed by atoms with Crippen molar-refractivity contribution in [2.75, 3.05) is 25.7 Å². The Hall–Kier alpha value is -2.79. The van der Waals surface area contributed by atoms with Crippen molar-refractivity contribution in [2.24, 2.45) is 0 Å². The van der Waals surface area contributed by atoms with Crippen LogP contribution in [0.2, 0.25) is 51.4 Å². The summed E-state index contributed by atoms with van der Waals surface area (Å²) in [5, 5.41) is 3.73. The Labute approximate surface area is 353 Å². The fourth-order valence-electron chi connectivity index (χ4n) is 6.49. The summed E-state index contributed by atoms with van der Waals surface area (Å²) in [6.07, 6.45) is 8.24. The third-order valence-electron chi connectivity index (χ3n) is 9.63. The van der Waals surface area contributed by atoms with Gasteiger partial charge >= 0.3 is 0 Å². The Bertz CT molecular complexity index is 2150. The van der Waals surface area contributed by atoms with Crippen molar-refractivity contribution in [2.45, 2.75) is 110 Å². The maximum Gasteiger partial charge on any atom is 0.189 e. The average molecular weight is 892 g/mol. The lowest BCUT2D eigenvalue weighted by atomic mass is 10.0. The van der Waals surface area contributed by atoms with Gasteiger partial charge in [-0.15, -0.1) is 0 Å². The van der Waals surface area contributed by atoms with Crippen LogP contribution in [0.1, 0.15) is 27.8 Å². The van der Waals surface area contributed by atoms with Gasteiger partial charge in [0.05, 0.1) is 16.8 Å². The highest BCUT2D eigenvalue weighted by atomic mass is 79.9. The van der Waals surface area contributed by atoms with Crippen molar-refractivity contribution in [1.29, 1.82) is 0 Å². The van der Waals surface area contributed by atoms with Crippen LogP contribution in [-0.2, 0) is 22.9 Å². The van der Waals surface area contributed by atoms with Gasteiger partial charge in [-0.1, -0.05) is 110 Å². The topological polar surface area (TPSA) is 79.9 Å². The monoisotopic (exact) mass is 890 g/mol. The SMILES string of the molecule is CSc1nc(-c2ccc(C)cc2C)c2c(Br)cn(COCC[Si](C)(C)C)c2n1.CSc1nc(-c2ccc(C)cc2C)c2c(C)cn(COCC[Si](C)(C)C)c2n1. The maximum absolute atomic E-state index is 6.01. The Morgan fingerprint density at radius 1 is 0.589 bits per heavy atom. The summed E-state index contributed by atoms with van der Waals surface area (Å²) in [6.45, 7) is 27.5. The molecule has 6 rings (SSSR count). The minimum Gasteiger partial charge on any atom is -0.361 e. The molecule has 4 aromatic heterocycles. The van der Waals surface area contributed by atoms with Gasteiger partial charge in [0.15, 0.2) is 10.3 Å². The highest BCUT2D eigenvalue weighted by molar-refractivity contribution is 9.10. The Balaban J connectivity index is 0.000000214. The van der Waals surface area contributed by atoms with Crippen LogP contribution >= 0.6 is 39.5 Å². The number of aryl methyl sites for hydroxylation is 5. The molecule has 0 aliphatic rings. The summed E-state index contributed by atoms with van der Waals surface area (Å²) in [5.74, 6) is 0. The van der Waals surface area contributed by atoms with Crippen LogP contribution in [0.4, 0.5) is 0 Å². The van der Waals surface area contributed by atoms with Crippen LogP contribution in [0.5, 0.6) is 0 Å². The van der Waals surface area contributed by atoms with E-state index >= 15 is 0 Å². The molecule has 0 radical (unpaired) electrons. The first-order valence-corrected chi connectivity index (χ1v) is 29.9. The van der Waals surface area contributed by atoms with Crippen molar-refractivity contribution in [3.05, 3.63) is 81.1 Å². The predicted molar refractivity (Wildman–Crippen MR) is 249 cm³/mol. The summed E-state index contributed by atoms with van der Waals surface area (Å²) in [6, 6.07) is 15.4. The first kappa shape index (κ1) is 44.3. The number of aromatic nitrogens is 6. The van der Waals surface area contributed by atoms with E-state index in [1.165, 1.54) is 39.4 Å². The molecular formula is C43H59BrN6O2S2Si2. The minimum atomic E-state index is -1.10. The lowest BCUT2D eigenvalue weighted by Crippen LogP contribution is -2.22. The van der Waals surface area contributed by atoms with Gasteiger partial charge in [0.1, 0.15) is 24.8 Å². The molecule has 4 heterocycles. The molecule has 0 saturated heterocycles. The van der Waals surface area contributed by atoms with E-state index < -0.39 is 16.1 Å². The summed E-state index contributed by atoms with van der Waals surface area (Å²) >= 11 is 6.88. The Morgan fingerprint density at radius 2 is 1.02 bits per heavy atom. The van der Waals surface area contributed by atoms with Crippen molar-refractivity contribution < 1.29 is 9.47 Å². The molecule has 13 heteroatoms. The molecule has 2 aromatic carbocycles. The Kier molecular flexibility index (Phi) is 14.9. The molecule has 0 spiro atoms. The first-order valence-electron chi connectivity index (χ1n) is 19.2. The molecular weight excluding hydrogens is 833 g/mol. The van der Waals surface area contributed by atoms with Crippen LogP contribution in [0.15, 0.2) is 63.6 Å². The fraction of sp³-hybridized carbons (Fsp3) is 0.442. The van der Waals surface area contributed by atoms with Crippen molar-refractivity contribution in [3.63, 3.8) is 0 Å². The number of hydrogen-bond donors (Lipinski definition) is 0. The summed E-state index contributed by atoms with van der Waals surface area (Å²) in [7, 11) is -2.18. The molecule has 0 bridgehead atoms. The van der Waals surface area contributed by atoms with E-state index in [-0.39, 0.29) is 0 Å². The third kappa shape index (κ3) is 11.2. The third-order valence-corrected chi connectivity index (χ3v) is 14.7. The maximum atomic E-state index is 6.01. The molecule has 0 aliphatic carbocycles. The molecule has 6 aromatic rings. The van der Waals surface area contributed by atoms with E-state index in [1.54, 1.807) is 23.5 Å². The summed E-state index contributed by atoms with van der Waals surface area (Å²) in [5.41, 5.74) is 12.3. The second-order valence-corrected chi connectivity index (χ2v) is 30.7. The largest absolute Gasteiger partial charge is 0.361 e. The first-order chi connectivity index (χ1) is 26.4. The van der Waals surface area contributed by atoms with E-state index in [9.17, 15) is 0 Å². The van der Waals surface area contributed by atoms with E-state index in [0.29, 0.717) is 13.5 Å². The average Bonchev–Trinajstić information content (AvgIpc) is 3.62. The highest BCUT2D eigenvalue weighted by Gasteiger charge is 2.21. The molecule has 56 heavy (non-hydrogen) atoms. The van der Waals surface area contributed by atoms with Gasteiger partial charge < -0.3 is 18.6 Å². The minimum absolute atomic E-state index is 0.504. The molecule has 0 amide bonds. The number of ether oxygens (including phenoxy) is 2. The molecule has 0 unspecified atom stereocenters. The van der Waals surface area contributed by atoms with Gasteiger partial charge in [0.25, 0.3) is 0 Å². The second kappa shape index (κ2) is 18.9. The van der Waals surface area contributed by atoms with E-state index in [2.05, 4.69) is 148 Å². The molecule has 300 valence electrons. The lowest BCUT2D eigenvalue weighted by molar-refractivity contribution is 0.0896. The fourth-order valence-corrected chi connectivity index (χ4v) is 9.34. The number of nitrogens with zero attached hydrogens (tertiary/aromatic N) is 6. The molecule has 0 fully saturated rings. The number of hydrogen-bond acceptors (Lipinski definition) is 8. The van der Waals surface area contributed by atoms with Gasteiger partial charge in [0.2, 0.25) is 0 Å². The van der Waals surface area contributed by atoms with Crippen molar-refractivity contribution >= 4 is 77.7 Å².